The van der Waals surface area contributed by atoms with Crippen molar-refractivity contribution < 1.29 is 9.53 Å². The number of hydrogen-bond donors (Lipinski definition) is 2. The maximum Gasteiger partial charge on any atom is 0.225 e. The summed E-state index contributed by atoms with van der Waals surface area (Å²) in [7, 11) is 0. The number of hydrogen-bond acceptors (Lipinski definition) is 5. The normalized spacial score (nSPS) is 19.0. The highest BCUT2D eigenvalue weighted by molar-refractivity contribution is 5.94. The maximum absolute atomic E-state index is 12.6. The van der Waals surface area contributed by atoms with E-state index in [-0.39, 0.29) is 36.1 Å². The standard InChI is InChI=1S/C18H28N4O2.2ClH/c19-14-18(6-2-1-3-7-18)13-16(23)21-15-5-4-8-20-17(15)22-9-11-24-12-10-22;;/h4-5,8H,1-3,6-7,9-14,19H2,(H,21,23);2*1H. The Bertz CT molecular complexity index is 562. The Hall–Kier alpha value is -1.08. The number of carbonyl (C=O) groups is 1. The molecule has 2 heterocycles. The number of nitrogens with zero attached hydrogens (tertiary/aromatic N) is 2. The van der Waals surface area contributed by atoms with Crippen molar-refractivity contribution in [2.24, 2.45) is 11.1 Å². The largest absolute Gasteiger partial charge is 0.378 e. The number of halogens is 2. The van der Waals surface area contributed by atoms with E-state index in [4.69, 9.17) is 10.5 Å². The van der Waals surface area contributed by atoms with E-state index in [9.17, 15) is 4.79 Å². The second-order valence-electron chi connectivity index (χ2n) is 6.96. The molecule has 0 aromatic carbocycles. The molecule has 148 valence electrons. The molecule has 3 rings (SSSR count). The molecule has 2 aliphatic rings. The summed E-state index contributed by atoms with van der Waals surface area (Å²) in [4.78, 5) is 19.3. The van der Waals surface area contributed by atoms with Crippen LogP contribution in [0.1, 0.15) is 38.5 Å². The molecular weight excluding hydrogens is 375 g/mol. The molecule has 0 radical (unpaired) electrons. The van der Waals surface area contributed by atoms with Gasteiger partial charge in [0.1, 0.15) is 0 Å². The van der Waals surface area contributed by atoms with Gasteiger partial charge in [0.05, 0.1) is 18.9 Å². The molecule has 0 bridgehead atoms. The van der Waals surface area contributed by atoms with Gasteiger partial charge in [-0.15, -0.1) is 24.8 Å². The summed E-state index contributed by atoms with van der Waals surface area (Å²) in [5, 5.41) is 3.07. The summed E-state index contributed by atoms with van der Waals surface area (Å²) in [6, 6.07) is 3.78. The Balaban J connectivity index is 0.00000169. The lowest BCUT2D eigenvalue weighted by atomic mass is 9.71. The number of morpholine rings is 1. The number of pyridine rings is 1. The first-order valence-electron chi connectivity index (χ1n) is 9.00. The predicted octanol–water partition coefficient (Wildman–Crippen LogP) is 3.00. The van der Waals surface area contributed by atoms with Crippen LogP contribution in [0.4, 0.5) is 11.5 Å². The van der Waals surface area contributed by atoms with Gasteiger partial charge in [0.15, 0.2) is 5.82 Å². The summed E-state index contributed by atoms with van der Waals surface area (Å²) in [5.41, 5.74) is 6.77. The first kappa shape index (κ1) is 23.0. The van der Waals surface area contributed by atoms with Gasteiger partial charge in [0.2, 0.25) is 5.91 Å². The highest BCUT2D eigenvalue weighted by Gasteiger charge is 2.33. The lowest BCUT2D eigenvalue weighted by Crippen LogP contribution is -2.38. The molecule has 1 aromatic heterocycles. The average Bonchev–Trinajstić information content (AvgIpc) is 2.63. The van der Waals surface area contributed by atoms with Crippen LogP contribution in [0, 0.1) is 5.41 Å². The second kappa shape index (κ2) is 10.9. The van der Waals surface area contributed by atoms with Crippen LogP contribution in [0.5, 0.6) is 0 Å². The number of nitrogens with two attached hydrogens (primary N) is 1. The van der Waals surface area contributed by atoms with Gasteiger partial charge in [-0.05, 0) is 36.9 Å². The number of carbonyl (C=O) groups excluding carboxylic acids is 1. The lowest BCUT2D eigenvalue weighted by Gasteiger charge is -2.35. The maximum atomic E-state index is 12.6. The number of ether oxygens (including phenoxy) is 1. The summed E-state index contributed by atoms with van der Waals surface area (Å²) in [6.45, 7) is 3.57. The van der Waals surface area contributed by atoms with Crippen LogP contribution >= 0.6 is 24.8 Å². The number of anilines is 2. The van der Waals surface area contributed by atoms with Crippen LogP contribution in [0.15, 0.2) is 18.3 Å². The third kappa shape index (κ3) is 5.71. The predicted molar refractivity (Wildman–Crippen MR) is 110 cm³/mol. The first-order chi connectivity index (χ1) is 11.7. The Morgan fingerprint density at radius 2 is 1.92 bits per heavy atom. The highest BCUT2D eigenvalue weighted by atomic mass is 35.5. The van der Waals surface area contributed by atoms with E-state index < -0.39 is 0 Å². The van der Waals surface area contributed by atoms with E-state index in [1.807, 2.05) is 12.1 Å². The fourth-order valence-electron chi connectivity index (χ4n) is 3.81. The van der Waals surface area contributed by atoms with Gasteiger partial charge in [-0.25, -0.2) is 4.98 Å². The minimum atomic E-state index is -0.0241. The van der Waals surface area contributed by atoms with Crippen molar-refractivity contribution in [3.05, 3.63) is 18.3 Å². The van der Waals surface area contributed by atoms with E-state index in [0.29, 0.717) is 26.2 Å². The van der Waals surface area contributed by atoms with Crippen molar-refractivity contribution in [3.63, 3.8) is 0 Å². The average molecular weight is 405 g/mol. The third-order valence-corrected chi connectivity index (χ3v) is 5.25. The molecule has 1 aliphatic heterocycles. The van der Waals surface area contributed by atoms with Crippen molar-refractivity contribution in [3.8, 4) is 0 Å². The van der Waals surface area contributed by atoms with Gasteiger partial charge in [-0.1, -0.05) is 19.3 Å². The lowest BCUT2D eigenvalue weighted by molar-refractivity contribution is -0.118. The number of aromatic nitrogens is 1. The molecule has 1 aromatic rings. The first-order valence-corrected chi connectivity index (χ1v) is 9.00. The minimum Gasteiger partial charge on any atom is -0.378 e. The number of nitrogens with one attached hydrogen (secondary N) is 1. The molecule has 26 heavy (non-hydrogen) atoms. The van der Waals surface area contributed by atoms with Crippen molar-refractivity contribution in [2.45, 2.75) is 38.5 Å². The van der Waals surface area contributed by atoms with Gasteiger partial charge >= 0.3 is 0 Å². The van der Waals surface area contributed by atoms with Crippen LogP contribution in [0.2, 0.25) is 0 Å². The van der Waals surface area contributed by atoms with E-state index in [1.54, 1.807) is 6.20 Å². The van der Waals surface area contributed by atoms with Crippen molar-refractivity contribution in [1.29, 1.82) is 0 Å². The number of rotatable bonds is 5. The molecule has 1 aliphatic carbocycles. The minimum absolute atomic E-state index is 0. The van der Waals surface area contributed by atoms with Crippen molar-refractivity contribution in [2.75, 3.05) is 43.1 Å². The van der Waals surface area contributed by atoms with Crippen molar-refractivity contribution in [1.82, 2.24) is 4.98 Å². The monoisotopic (exact) mass is 404 g/mol. The zero-order chi connectivity index (χ0) is 16.8. The molecule has 0 spiro atoms. The van der Waals surface area contributed by atoms with Crippen molar-refractivity contribution >= 4 is 42.2 Å². The Morgan fingerprint density at radius 3 is 2.58 bits per heavy atom. The molecule has 1 saturated heterocycles. The van der Waals surface area contributed by atoms with Gasteiger partial charge < -0.3 is 20.7 Å². The smallest absolute Gasteiger partial charge is 0.225 e. The van der Waals surface area contributed by atoms with Crippen LogP contribution in [-0.2, 0) is 9.53 Å². The molecule has 0 unspecified atom stereocenters. The zero-order valence-electron chi connectivity index (χ0n) is 15.1. The summed E-state index contributed by atoms with van der Waals surface area (Å²) in [5.74, 6) is 0.879. The molecule has 1 saturated carbocycles. The summed E-state index contributed by atoms with van der Waals surface area (Å²) >= 11 is 0. The summed E-state index contributed by atoms with van der Waals surface area (Å²) < 4.78 is 5.40. The molecule has 8 heteroatoms. The van der Waals surface area contributed by atoms with E-state index in [0.717, 1.165) is 37.4 Å². The fraction of sp³-hybridized carbons (Fsp3) is 0.667. The second-order valence-corrected chi connectivity index (χ2v) is 6.96. The third-order valence-electron chi connectivity index (χ3n) is 5.25. The molecule has 0 atom stereocenters. The topological polar surface area (TPSA) is 80.5 Å². The summed E-state index contributed by atoms with van der Waals surface area (Å²) in [6.07, 6.45) is 7.99. The van der Waals surface area contributed by atoms with Gasteiger partial charge in [0.25, 0.3) is 0 Å². The number of amides is 1. The van der Waals surface area contributed by atoms with Crippen LogP contribution in [0.25, 0.3) is 0 Å². The van der Waals surface area contributed by atoms with Crippen LogP contribution < -0.4 is 16.0 Å². The molecule has 2 fully saturated rings. The Kier molecular flexibility index (Phi) is 9.64. The Labute approximate surface area is 168 Å². The van der Waals surface area contributed by atoms with E-state index >= 15 is 0 Å². The zero-order valence-corrected chi connectivity index (χ0v) is 16.7. The van der Waals surface area contributed by atoms with Crippen LogP contribution in [0.3, 0.4) is 0 Å². The quantitative estimate of drug-likeness (QED) is 0.787. The van der Waals surface area contributed by atoms with E-state index in [1.165, 1.54) is 19.3 Å². The van der Waals surface area contributed by atoms with Gasteiger partial charge in [-0.2, -0.15) is 0 Å². The molecule has 3 N–H and O–H groups in total. The van der Waals surface area contributed by atoms with Gasteiger partial charge in [0, 0.05) is 25.7 Å². The highest BCUT2D eigenvalue weighted by Crippen LogP contribution is 2.38. The van der Waals surface area contributed by atoms with Crippen LogP contribution in [-0.4, -0.2) is 43.7 Å². The molecule has 1 amide bonds. The Morgan fingerprint density at radius 1 is 1.23 bits per heavy atom. The molecule has 6 nitrogen and oxygen atoms in total. The van der Waals surface area contributed by atoms with E-state index in [2.05, 4.69) is 15.2 Å². The fourth-order valence-corrected chi connectivity index (χ4v) is 3.81. The molecular formula is C18H30Cl2N4O2. The van der Waals surface area contributed by atoms with Gasteiger partial charge in [-0.3, -0.25) is 4.79 Å². The SMILES string of the molecule is Cl.Cl.NCC1(CC(=O)Nc2cccnc2N2CCOCC2)CCCCC1.